The highest BCUT2D eigenvalue weighted by Gasteiger charge is 2.48. The zero-order valence-corrected chi connectivity index (χ0v) is 21.0. The Balaban J connectivity index is 1.73. The first kappa shape index (κ1) is 27.0. The molecular formula is C27H36O8. The topological polar surface area (TPSA) is 97.4 Å². The highest BCUT2D eigenvalue weighted by Crippen LogP contribution is 2.39. The molecule has 0 aliphatic carbocycles. The van der Waals surface area contributed by atoms with Crippen LogP contribution in [-0.2, 0) is 44.7 Å². The molecule has 0 spiro atoms. The van der Waals surface area contributed by atoms with Gasteiger partial charge in [0.2, 0.25) is 6.29 Å². The number of benzene rings is 1. The standard InChI is InChI=1S/C27H36O8/c1-16(14-31-19(4)28)13-23-27(32-15-21-9-7-6-8-10-21)18(3)25(34-23)17(2)26-22(30)11-12-24(35-26)33-20(5)29/h6-12,16-18,23-27H,13-15H2,1-5H3/t16?,17-,18-,23+,24?,25-,26+,27+/m0/s1. The third-order valence-electron chi connectivity index (χ3n) is 6.48. The van der Waals surface area contributed by atoms with Crippen LogP contribution in [0.5, 0.6) is 0 Å². The lowest BCUT2D eigenvalue weighted by Crippen LogP contribution is -2.44. The van der Waals surface area contributed by atoms with E-state index in [1.54, 1.807) is 0 Å². The first-order chi connectivity index (χ1) is 16.7. The minimum atomic E-state index is -0.904. The smallest absolute Gasteiger partial charge is 0.305 e. The number of ether oxygens (including phenoxy) is 5. The van der Waals surface area contributed by atoms with Crippen LogP contribution in [0.3, 0.4) is 0 Å². The predicted octanol–water partition coefficient (Wildman–Crippen LogP) is 3.61. The minimum absolute atomic E-state index is 0.0332. The molecule has 0 saturated carbocycles. The number of esters is 2. The Morgan fingerprint density at radius 1 is 1.06 bits per heavy atom. The van der Waals surface area contributed by atoms with Crippen LogP contribution in [0.1, 0.15) is 46.6 Å². The van der Waals surface area contributed by atoms with E-state index in [9.17, 15) is 14.4 Å². The van der Waals surface area contributed by atoms with Gasteiger partial charge in [0, 0.05) is 25.7 Å². The summed E-state index contributed by atoms with van der Waals surface area (Å²) < 4.78 is 29.0. The Labute approximate surface area is 206 Å². The SMILES string of the molecule is CC(=O)OCC(C)C[C@H]1O[C@@H]([C@H](C)[C@H]2OC(OC(C)=O)C=CC2=O)[C@H](C)[C@H]1OCc1ccccc1. The van der Waals surface area contributed by atoms with Crippen molar-refractivity contribution in [1.82, 2.24) is 0 Å². The molecule has 8 heteroatoms. The molecule has 2 aliphatic rings. The second kappa shape index (κ2) is 12.4. The summed E-state index contributed by atoms with van der Waals surface area (Å²) in [5, 5.41) is 0. The molecule has 0 radical (unpaired) electrons. The van der Waals surface area contributed by atoms with E-state index in [2.05, 4.69) is 6.92 Å². The maximum absolute atomic E-state index is 12.6. The number of rotatable bonds is 10. The Morgan fingerprint density at radius 3 is 2.43 bits per heavy atom. The summed E-state index contributed by atoms with van der Waals surface area (Å²) in [4.78, 5) is 35.2. The number of carbonyl (C=O) groups is 3. The van der Waals surface area contributed by atoms with E-state index in [4.69, 9.17) is 23.7 Å². The van der Waals surface area contributed by atoms with Gasteiger partial charge in [-0.2, -0.15) is 0 Å². The van der Waals surface area contributed by atoms with Crippen molar-refractivity contribution in [3.05, 3.63) is 48.0 Å². The summed E-state index contributed by atoms with van der Waals surface area (Å²) in [7, 11) is 0. The van der Waals surface area contributed by atoms with Gasteiger partial charge in [-0.3, -0.25) is 14.4 Å². The highest BCUT2D eigenvalue weighted by molar-refractivity contribution is 5.94. The first-order valence-electron chi connectivity index (χ1n) is 12.1. The van der Waals surface area contributed by atoms with E-state index in [0.717, 1.165) is 5.56 Å². The van der Waals surface area contributed by atoms with Crippen LogP contribution in [0.4, 0.5) is 0 Å². The van der Waals surface area contributed by atoms with Crippen molar-refractivity contribution in [2.45, 2.75) is 78.4 Å². The van der Waals surface area contributed by atoms with E-state index < -0.39 is 18.4 Å². The molecule has 0 bridgehead atoms. The van der Waals surface area contributed by atoms with Crippen molar-refractivity contribution in [2.24, 2.45) is 17.8 Å². The third-order valence-corrected chi connectivity index (χ3v) is 6.48. The fraction of sp³-hybridized carbons (Fsp3) is 0.593. The normalized spacial score (nSPS) is 30.0. The van der Waals surface area contributed by atoms with Gasteiger partial charge in [0.25, 0.3) is 0 Å². The van der Waals surface area contributed by atoms with Crippen molar-refractivity contribution in [3.8, 4) is 0 Å². The molecule has 2 unspecified atom stereocenters. The zero-order chi connectivity index (χ0) is 25.5. The molecule has 192 valence electrons. The van der Waals surface area contributed by atoms with Crippen LogP contribution >= 0.6 is 0 Å². The van der Waals surface area contributed by atoms with E-state index in [1.165, 1.54) is 26.0 Å². The van der Waals surface area contributed by atoms with Crippen molar-refractivity contribution in [1.29, 1.82) is 0 Å². The van der Waals surface area contributed by atoms with E-state index in [0.29, 0.717) is 19.6 Å². The molecule has 3 rings (SSSR count). The Morgan fingerprint density at radius 2 is 1.77 bits per heavy atom. The van der Waals surface area contributed by atoms with Crippen LogP contribution < -0.4 is 0 Å². The van der Waals surface area contributed by atoms with Crippen molar-refractivity contribution in [3.63, 3.8) is 0 Å². The Hall–Kier alpha value is -2.55. The number of hydrogen-bond donors (Lipinski definition) is 0. The van der Waals surface area contributed by atoms with Gasteiger partial charge in [-0.25, -0.2) is 0 Å². The number of hydrogen-bond acceptors (Lipinski definition) is 8. The van der Waals surface area contributed by atoms with Crippen molar-refractivity contribution < 1.29 is 38.1 Å². The lowest BCUT2D eigenvalue weighted by atomic mass is 9.84. The largest absolute Gasteiger partial charge is 0.466 e. The Kier molecular flexibility index (Phi) is 9.60. The summed E-state index contributed by atoms with van der Waals surface area (Å²) in [6, 6.07) is 9.91. The molecule has 1 aromatic carbocycles. The van der Waals surface area contributed by atoms with Crippen LogP contribution in [0, 0.1) is 17.8 Å². The summed E-state index contributed by atoms with van der Waals surface area (Å²) in [5.74, 6) is -1.26. The summed E-state index contributed by atoms with van der Waals surface area (Å²) in [5.41, 5.74) is 1.06. The minimum Gasteiger partial charge on any atom is -0.466 e. The van der Waals surface area contributed by atoms with Crippen molar-refractivity contribution >= 4 is 17.7 Å². The molecular weight excluding hydrogens is 452 g/mol. The Bertz CT molecular complexity index is 898. The lowest BCUT2D eigenvalue weighted by molar-refractivity contribution is -0.189. The molecule has 1 fully saturated rings. The van der Waals surface area contributed by atoms with E-state index >= 15 is 0 Å². The van der Waals surface area contributed by atoms with E-state index in [-0.39, 0.29) is 47.8 Å². The monoisotopic (exact) mass is 488 g/mol. The van der Waals surface area contributed by atoms with Crippen LogP contribution in [-0.4, -0.2) is 55.0 Å². The molecule has 0 N–H and O–H groups in total. The highest BCUT2D eigenvalue weighted by atomic mass is 16.7. The van der Waals surface area contributed by atoms with Gasteiger partial charge in [0.1, 0.15) is 6.10 Å². The van der Waals surface area contributed by atoms with Gasteiger partial charge in [-0.15, -0.1) is 0 Å². The molecule has 1 saturated heterocycles. The number of ketones is 1. The molecule has 8 atom stereocenters. The summed E-state index contributed by atoms with van der Waals surface area (Å²) in [6.45, 7) is 9.39. The fourth-order valence-corrected chi connectivity index (χ4v) is 4.78. The van der Waals surface area contributed by atoms with E-state index in [1.807, 2.05) is 44.2 Å². The van der Waals surface area contributed by atoms with Gasteiger partial charge >= 0.3 is 11.9 Å². The van der Waals surface area contributed by atoms with Crippen LogP contribution in [0.15, 0.2) is 42.5 Å². The van der Waals surface area contributed by atoms with Crippen LogP contribution in [0.25, 0.3) is 0 Å². The average Bonchev–Trinajstić information content (AvgIpc) is 3.12. The lowest BCUT2D eigenvalue weighted by Gasteiger charge is -2.33. The van der Waals surface area contributed by atoms with Gasteiger partial charge in [-0.1, -0.05) is 51.1 Å². The molecule has 2 aliphatic heterocycles. The zero-order valence-electron chi connectivity index (χ0n) is 21.0. The quantitative estimate of drug-likeness (QED) is 0.461. The maximum atomic E-state index is 12.6. The second-order valence-electron chi connectivity index (χ2n) is 9.56. The fourth-order valence-electron chi connectivity index (χ4n) is 4.78. The predicted molar refractivity (Wildman–Crippen MR) is 127 cm³/mol. The van der Waals surface area contributed by atoms with Gasteiger partial charge < -0.3 is 23.7 Å². The second-order valence-corrected chi connectivity index (χ2v) is 9.56. The number of carbonyl (C=O) groups excluding carboxylic acids is 3. The van der Waals surface area contributed by atoms with Crippen LogP contribution in [0.2, 0.25) is 0 Å². The molecule has 1 aromatic rings. The summed E-state index contributed by atoms with van der Waals surface area (Å²) >= 11 is 0. The molecule has 35 heavy (non-hydrogen) atoms. The average molecular weight is 489 g/mol. The molecule has 0 amide bonds. The maximum Gasteiger partial charge on any atom is 0.305 e. The van der Waals surface area contributed by atoms with Gasteiger partial charge in [-0.05, 0) is 30.1 Å². The molecule has 2 heterocycles. The van der Waals surface area contributed by atoms with Gasteiger partial charge in [0.05, 0.1) is 31.5 Å². The summed E-state index contributed by atoms with van der Waals surface area (Å²) in [6.07, 6.45) is 0.987. The van der Waals surface area contributed by atoms with Crippen molar-refractivity contribution in [2.75, 3.05) is 6.61 Å². The molecule has 8 nitrogen and oxygen atoms in total. The first-order valence-corrected chi connectivity index (χ1v) is 12.1. The molecule has 0 aromatic heterocycles. The van der Waals surface area contributed by atoms with Gasteiger partial charge in [0.15, 0.2) is 5.78 Å². The third kappa shape index (κ3) is 7.46.